The zero-order valence-corrected chi connectivity index (χ0v) is 14.4. The van der Waals surface area contributed by atoms with Crippen molar-refractivity contribution in [2.24, 2.45) is 0 Å². The topological polar surface area (TPSA) is 42.8 Å². The predicted molar refractivity (Wildman–Crippen MR) is 94.4 cm³/mol. The summed E-state index contributed by atoms with van der Waals surface area (Å²) in [6.45, 7) is 2.58. The molecule has 2 aromatic carbocycles. The minimum Gasteiger partial charge on any atom is -0.496 e. The van der Waals surface area contributed by atoms with Crippen molar-refractivity contribution in [1.82, 2.24) is 5.32 Å². The maximum absolute atomic E-state index is 13.8. The van der Waals surface area contributed by atoms with Crippen molar-refractivity contribution in [1.29, 1.82) is 0 Å². The van der Waals surface area contributed by atoms with E-state index in [1.165, 1.54) is 29.9 Å². The number of carbonyl (C=O) groups excluding carboxylic acids is 1. The van der Waals surface area contributed by atoms with Gasteiger partial charge in [0, 0.05) is 12.8 Å². The fourth-order valence-corrected chi connectivity index (χ4v) is 3.54. The second-order valence-electron chi connectivity index (χ2n) is 6.35. The van der Waals surface area contributed by atoms with Crippen molar-refractivity contribution >= 4 is 5.91 Å². The number of hydrogen-bond acceptors (Lipinski definition) is 2. The smallest absolute Gasteiger partial charge is 0.254 e. The highest BCUT2D eigenvalue weighted by Gasteiger charge is 2.30. The highest BCUT2D eigenvalue weighted by atomic mass is 19.1. The molecule has 1 heterocycles. The predicted octanol–water partition coefficient (Wildman–Crippen LogP) is 1.98. The van der Waals surface area contributed by atoms with Crippen LogP contribution in [0.1, 0.15) is 34.8 Å². The third-order valence-corrected chi connectivity index (χ3v) is 4.84. The normalized spacial score (nSPS) is 15.8. The Morgan fingerprint density at radius 3 is 2.56 bits per heavy atom. The van der Waals surface area contributed by atoms with E-state index in [0.29, 0.717) is 6.54 Å². The van der Waals surface area contributed by atoms with Gasteiger partial charge in [0.25, 0.3) is 5.91 Å². The summed E-state index contributed by atoms with van der Waals surface area (Å²) in [6, 6.07) is 14.1. The number of quaternary nitrogens is 1. The van der Waals surface area contributed by atoms with Gasteiger partial charge >= 0.3 is 0 Å². The molecule has 0 bridgehead atoms. The number of rotatable bonds is 6. The van der Waals surface area contributed by atoms with Crippen molar-refractivity contribution in [3.63, 3.8) is 0 Å². The van der Waals surface area contributed by atoms with Gasteiger partial charge in [-0.05, 0) is 24.3 Å². The second-order valence-corrected chi connectivity index (χ2v) is 6.35. The molecule has 4 nitrogen and oxygen atoms in total. The van der Waals surface area contributed by atoms with E-state index in [1.54, 1.807) is 19.2 Å². The van der Waals surface area contributed by atoms with Gasteiger partial charge in [0.15, 0.2) is 0 Å². The second kappa shape index (κ2) is 8.12. The molecule has 132 valence electrons. The highest BCUT2D eigenvalue weighted by molar-refractivity contribution is 5.94. The number of hydrogen-bond donors (Lipinski definition) is 2. The molecule has 0 unspecified atom stereocenters. The first kappa shape index (κ1) is 17.4. The van der Waals surface area contributed by atoms with Crippen LogP contribution in [0.15, 0.2) is 48.5 Å². The Labute approximate surface area is 147 Å². The molecule has 0 spiro atoms. The molecule has 1 amide bonds. The van der Waals surface area contributed by atoms with E-state index in [1.807, 2.05) is 24.3 Å². The van der Waals surface area contributed by atoms with Gasteiger partial charge in [-0.1, -0.05) is 24.3 Å². The molecule has 2 N–H and O–H groups in total. The molecule has 5 heteroatoms. The zero-order chi connectivity index (χ0) is 17.6. The van der Waals surface area contributed by atoms with Crippen molar-refractivity contribution < 1.29 is 18.8 Å². The molecule has 3 rings (SSSR count). The first-order valence-electron chi connectivity index (χ1n) is 8.71. The van der Waals surface area contributed by atoms with E-state index in [9.17, 15) is 9.18 Å². The summed E-state index contributed by atoms with van der Waals surface area (Å²) in [5, 5.41) is 2.91. The fraction of sp³-hybridized carbons (Fsp3) is 0.350. The minimum absolute atomic E-state index is 0.0812. The van der Waals surface area contributed by atoms with Crippen LogP contribution in [-0.2, 0) is 0 Å². The van der Waals surface area contributed by atoms with Crippen LogP contribution >= 0.6 is 0 Å². The third kappa shape index (κ3) is 3.99. The van der Waals surface area contributed by atoms with Crippen LogP contribution in [0.3, 0.4) is 0 Å². The summed E-state index contributed by atoms with van der Waals surface area (Å²) in [5.41, 5.74) is 1.16. The number of para-hydroxylation sites is 1. The number of carbonyl (C=O) groups is 1. The van der Waals surface area contributed by atoms with Crippen LogP contribution in [0.2, 0.25) is 0 Å². The van der Waals surface area contributed by atoms with E-state index in [4.69, 9.17) is 4.74 Å². The number of amides is 1. The maximum atomic E-state index is 13.8. The molecule has 0 aromatic heterocycles. The van der Waals surface area contributed by atoms with Gasteiger partial charge in [-0.15, -0.1) is 0 Å². The van der Waals surface area contributed by atoms with Gasteiger partial charge in [-0.25, -0.2) is 4.39 Å². The Morgan fingerprint density at radius 1 is 1.16 bits per heavy atom. The lowest BCUT2D eigenvalue weighted by molar-refractivity contribution is -0.918. The Kier molecular flexibility index (Phi) is 5.66. The molecule has 2 aromatic rings. The molecule has 25 heavy (non-hydrogen) atoms. The van der Waals surface area contributed by atoms with Crippen LogP contribution in [0.25, 0.3) is 0 Å². The lowest BCUT2D eigenvalue weighted by atomic mass is 10.0. The van der Waals surface area contributed by atoms with Gasteiger partial charge in [-0.2, -0.15) is 0 Å². The molecular formula is C20H24FN2O2+. The first-order valence-corrected chi connectivity index (χ1v) is 8.71. The molecule has 1 aliphatic rings. The van der Waals surface area contributed by atoms with Crippen LogP contribution in [0.5, 0.6) is 5.75 Å². The monoisotopic (exact) mass is 343 g/mol. The molecule has 1 fully saturated rings. The van der Waals surface area contributed by atoms with E-state index >= 15 is 0 Å². The zero-order valence-electron chi connectivity index (χ0n) is 14.4. The average molecular weight is 343 g/mol. The van der Waals surface area contributed by atoms with Crippen molar-refractivity contribution in [3.05, 3.63) is 65.5 Å². The fourth-order valence-electron chi connectivity index (χ4n) is 3.54. The third-order valence-electron chi connectivity index (χ3n) is 4.84. The summed E-state index contributed by atoms with van der Waals surface area (Å²) < 4.78 is 19.3. The van der Waals surface area contributed by atoms with Crippen LogP contribution < -0.4 is 15.0 Å². The number of benzene rings is 2. The molecule has 0 aliphatic carbocycles. The minimum atomic E-state index is -0.498. The Balaban J connectivity index is 1.79. The Morgan fingerprint density at radius 2 is 1.84 bits per heavy atom. The summed E-state index contributed by atoms with van der Waals surface area (Å²) in [7, 11) is 1.66. The van der Waals surface area contributed by atoms with Gasteiger partial charge in [0.2, 0.25) is 0 Å². The average Bonchev–Trinajstić information content (AvgIpc) is 3.17. The SMILES string of the molecule is COc1ccccc1[C@H](CNC(=O)c1ccccc1F)[NH+]1CCCC1. The molecule has 0 radical (unpaired) electrons. The molecule has 1 saturated heterocycles. The van der Waals surface area contributed by atoms with Crippen LogP contribution in [0.4, 0.5) is 4.39 Å². The van der Waals surface area contributed by atoms with Crippen LogP contribution in [0, 0.1) is 5.82 Å². The number of halogens is 1. The summed E-state index contributed by atoms with van der Waals surface area (Å²) in [6.07, 6.45) is 2.37. The van der Waals surface area contributed by atoms with Crippen LogP contribution in [-0.4, -0.2) is 32.7 Å². The maximum Gasteiger partial charge on any atom is 0.254 e. The number of methoxy groups -OCH3 is 1. The van der Waals surface area contributed by atoms with E-state index < -0.39 is 5.82 Å². The number of ether oxygens (including phenoxy) is 1. The van der Waals surface area contributed by atoms with Gasteiger partial charge < -0.3 is 15.0 Å². The van der Waals surface area contributed by atoms with E-state index in [-0.39, 0.29) is 17.5 Å². The molecular weight excluding hydrogens is 319 g/mol. The van der Waals surface area contributed by atoms with E-state index in [2.05, 4.69) is 5.32 Å². The van der Waals surface area contributed by atoms with Gasteiger partial charge in [0.1, 0.15) is 17.6 Å². The van der Waals surface area contributed by atoms with E-state index in [0.717, 1.165) is 24.4 Å². The first-order chi connectivity index (χ1) is 12.2. The number of likely N-dealkylation sites (tertiary alicyclic amines) is 1. The van der Waals surface area contributed by atoms with Crippen molar-refractivity contribution in [2.75, 3.05) is 26.7 Å². The molecule has 1 aliphatic heterocycles. The quantitative estimate of drug-likeness (QED) is 0.842. The van der Waals surface area contributed by atoms with Crippen molar-refractivity contribution in [3.8, 4) is 5.75 Å². The molecule has 0 saturated carbocycles. The number of nitrogens with one attached hydrogen (secondary N) is 2. The van der Waals surface area contributed by atoms with Gasteiger partial charge in [-0.3, -0.25) is 4.79 Å². The summed E-state index contributed by atoms with van der Waals surface area (Å²) in [4.78, 5) is 13.8. The summed E-state index contributed by atoms with van der Waals surface area (Å²) in [5.74, 6) is -0.0500. The summed E-state index contributed by atoms with van der Waals surface area (Å²) >= 11 is 0. The lowest BCUT2D eigenvalue weighted by Crippen LogP contribution is -3.11. The lowest BCUT2D eigenvalue weighted by Gasteiger charge is -2.26. The van der Waals surface area contributed by atoms with Crippen molar-refractivity contribution in [2.45, 2.75) is 18.9 Å². The standard InChI is InChI=1S/C20H23FN2O2/c1-25-19-11-5-3-9-16(19)18(23-12-6-7-13-23)14-22-20(24)15-8-2-4-10-17(15)21/h2-5,8-11,18H,6-7,12-14H2,1H3,(H,22,24)/p+1/t18-/m0/s1. The largest absolute Gasteiger partial charge is 0.496 e. The highest BCUT2D eigenvalue weighted by Crippen LogP contribution is 2.23. The molecule has 1 atom stereocenters. The Bertz CT molecular complexity index is 729. The Hall–Kier alpha value is -2.40. The van der Waals surface area contributed by atoms with Gasteiger partial charge in [0.05, 0.1) is 37.9 Å².